The lowest BCUT2D eigenvalue weighted by atomic mass is 10.3. The van der Waals surface area contributed by atoms with Gasteiger partial charge in [0.25, 0.3) is 0 Å². The highest BCUT2D eigenvalue weighted by Crippen LogP contribution is 2.23. The number of anilines is 1. The van der Waals surface area contributed by atoms with E-state index in [-0.39, 0.29) is 22.4 Å². The van der Waals surface area contributed by atoms with Crippen LogP contribution in [-0.4, -0.2) is 18.2 Å². The number of rotatable bonds is 5. The van der Waals surface area contributed by atoms with Crippen LogP contribution < -0.4 is 5.73 Å². The lowest BCUT2D eigenvalue weighted by Crippen LogP contribution is -2.10. The smallest absolute Gasteiger partial charge is 0.186 e. The van der Waals surface area contributed by atoms with E-state index in [0.717, 1.165) is 18.6 Å². The average molecular weight is 311 g/mol. The Balaban J connectivity index is 2.27. The first-order valence-corrected chi connectivity index (χ1v) is 8.30. The first-order chi connectivity index (χ1) is 9.83. The molecule has 2 N–H and O–H groups in total. The van der Waals surface area contributed by atoms with Gasteiger partial charge in [0.05, 0.1) is 22.0 Å². The predicted octanol–water partition coefficient (Wildman–Crippen LogP) is 2.55. The summed E-state index contributed by atoms with van der Waals surface area (Å²) in [4.78, 5) is -0.0676. The Kier molecular flexibility index (Phi) is 4.32. The Morgan fingerprint density at radius 2 is 2.10 bits per heavy atom. The molecule has 21 heavy (non-hydrogen) atoms. The summed E-state index contributed by atoms with van der Waals surface area (Å²) in [5.74, 6) is -0.820. The number of nitrogen functional groups attached to an aromatic ring is 1. The van der Waals surface area contributed by atoms with Crippen molar-refractivity contribution in [3.8, 4) is 0 Å². The first-order valence-electron chi connectivity index (χ1n) is 6.65. The highest BCUT2D eigenvalue weighted by atomic mass is 32.2. The number of hydrogen-bond acceptors (Lipinski definition) is 4. The van der Waals surface area contributed by atoms with Crippen molar-refractivity contribution in [3.63, 3.8) is 0 Å². The molecule has 2 aromatic rings. The van der Waals surface area contributed by atoms with Crippen LogP contribution in [0.15, 0.2) is 35.4 Å². The number of halogens is 1. The lowest BCUT2D eigenvalue weighted by molar-refractivity contribution is 0.475. The minimum atomic E-state index is -3.65. The highest BCUT2D eigenvalue weighted by molar-refractivity contribution is 7.90. The molecule has 0 fully saturated rings. The van der Waals surface area contributed by atoms with Gasteiger partial charge in [-0.2, -0.15) is 5.10 Å². The van der Waals surface area contributed by atoms with Crippen molar-refractivity contribution in [1.29, 1.82) is 0 Å². The molecular weight excluding hydrogens is 293 g/mol. The maximum Gasteiger partial charge on any atom is 0.186 e. The summed E-state index contributed by atoms with van der Waals surface area (Å²) in [6, 6.07) is 5.15. The fourth-order valence-corrected chi connectivity index (χ4v) is 3.35. The summed E-state index contributed by atoms with van der Waals surface area (Å²) in [5.41, 5.74) is 5.95. The normalized spacial score (nSPS) is 13.3. The van der Waals surface area contributed by atoms with Gasteiger partial charge < -0.3 is 5.73 Å². The monoisotopic (exact) mass is 311 g/mol. The Hall–Kier alpha value is -1.89. The molecule has 0 radical (unpaired) electrons. The van der Waals surface area contributed by atoms with Crippen molar-refractivity contribution in [2.75, 3.05) is 5.73 Å². The summed E-state index contributed by atoms with van der Waals surface area (Å²) in [5, 5.41) is 4.26. The predicted molar refractivity (Wildman–Crippen MR) is 78.9 cm³/mol. The molecule has 1 aromatic heterocycles. The molecule has 0 amide bonds. The topological polar surface area (TPSA) is 78.0 Å². The summed E-state index contributed by atoms with van der Waals surface area (Å²) >= 11 is 0. The van der Waals surface area contributed by atoms with Crippen molar-refractivity contribution < 1.29 is 12.8 Å². The zero-order chi connectivity index (χ0) is 15.6. The van der Waals surface area contributed by atoms with Crippen LogP contribution in [0.5, 0.6) is 0 Å². The molecule has 7 heteroatoms. The number of sulfone groups is 1. The van der Waals surface area contributed by atoms with Crippen LogP contribution in [0.1, 0.15) is 32.0 Å². The first kappa shape index (κ1) is 15.5. The van der Waals surface area contributed by atoms with E-state index >= 15 is 0 Å². The quantitative estimate of drug-likeness (QED) is 0.680. The van der Waals surface area contributed by atoms with E-state index in [1.165, 1.54) is 6.07 Å². The Bertz CT molecular complexity index is 740. The van der Waals surface area contributed by atoms with Crippen LogP contribution in [0.3, 0.4) is 0 Å². The molecule has 2 rings (SSSR count). The minimum Gasteiger partial charge on any atom is -0.398 e. The Morgan fingerprint density at radius 3 is 2.71 bits per heavy atom. The third-order valence-electron chi connectivity index (χ3n) is 3.35. The molecule has 114 valence electrons. The van der Waals surface area contributed by atoms with E-state index < -0.39 is 15.7 Å². The van der Waals surface area contributed by atoms with Crippen molar-refractivity contribution in [2.24, 2.45) is 0 Å². The number of aromatic nitrogens is 2. The third kappa shape index (κ3) is 3.41. The highest BCUT2D eigenvalue weighted by Gasteiger charge is 2.20. The molecule has 1 aromatic carbocycles. The van der Waals surface area contributed by atoms with Gasteiger partial charge in [0.2, 0.25) is 0 Å². The molecule has 0 saturated carbocycles. The lowest BCUT2D eigenvalue weighted by Gasteiger charge is -2.09. The van der Waals surface area contributed by atoms with Gasteiger partial charge in [-0.15, -0.1) is 0 Å². The molecule has 1 atom stereocenters. The van der Waals surface area contributed by atoms with Crippen LogP contribution in [0.2, 0.25) is 0 Å². The fourth-order valence-electron chi connectivity index (χ4n) is 1.96. The van der Waals surface area contributed by atoms with E-state index in [4.69, 9.17) is 5.73 Å². The van der Waals surface area contributed by atoms with Crippen molar-refractivity contribution >= 4 is 15.5 Å². The standard InChI is InChI=1S/C14H18FN3O2S/c1-3-10(2)18-7-6-12(17-18)9-21(19,20)14-5-4-11(15)8-13(14)16/h4-8,10H,3,9,16H2,1-2H3. The van der Waals surface area contributed by atoms with Gasteiger partial charge in [0, 0.05) is 12.2 Å². The maximum atomic E-state index is 13.0. The molecule has 0 aliphatic rings. The van der Waals surface area contributed by atoms with Gasteiger partial charge in [-0.3, -0.25) is 4.68 Å². The number of hydrogen-bond donors (Lipinski definition) is 1. The van der Waals surface area contributed by atoms with Crippen LogP contribution >= 0.6 is 0 Å². The molecular formula is C14H18FN3O2S. The van der Waals surface area contributed by atoms with E-state index in [1.807, 2.05) is 13.8 Å². The summed E-state index contributed by atoms with van der Waals surface area (Å²) < 4.78 is 39.4. The molecule has 0 aliphatic carbocycles. The van der Waals surface area contributed by atoms with Gasteiger partial charge in [-0.1, -0.05) is 6.92 Å². The average Bonchev–Trinajstić information content (AvgIpc) is 2.85. The SMILES string of the molecule is CCC(C)n1ccc(CS(=O)(=O)c2ccc(F)cc2N)n1. The van der Waals surface area contributed by atoms with Gasteiger partial charge in [0.15, 0.2) is 9.84 Å². The van der Waals surface area contributed by atoms with E-state index in [0.29, 0.717) is 5.69 Å². The van der Waals surface area contributed by atoms with Crippen LogP contribution in [0, 0.1) is 5.82 Å². The van der Waals surface area contributed by atoms with Gasteiger partial charge in [0.1, 0.15) is 5.82 Å². The van der Waals surface area contributed by atoms with Crippen LogP contribution in [0.4, 0.5) is 10.1 Å². The van der Waals surface area contributed by atoms with Gasteiger partial charge in [-0.05, 0) is 37.6 Å². The second-order valence-corrected chi connectivity index (χ2v) is 6.94. The van der Waals surface area contributed by atoms with E-state index in [9.17, 15) is 12.8 Å². The second kappa shape index (κ2) is 5.85. The van der Waals surface area contributed by atoms with Gasteiger partial charge >= 0.3 is 0 Å². The zero-order valence-electron chi connectivity index (χ0n) is 12.0. The molecule has 0 aliphatic heterocycles. The van der Waals surface area contributed by atoms with Crippen molar-refractivity contribution in [3.05, 3.63) is 42.0 Å². The van der Waals surface area contributed by atoms with E-state index in [2.05, 4.69) is 5.10 Å². The summed E-state index contributed by atoms with van der Waals surface area (Å²) in [6.07, 6.45) is 2.66. The molecule has 1 unspecified atom stereocenters. The third-order valence-corrected chi connectivity index (χ3v) is 5.07. The van der Waals surface area contributed by atoms with Crippen LogP contribution in [0.25, 0.3) is 0 Å². The molecule has 0 bridgehead atoms. The minimum absolute atomic E-state index is 0.0676. The van der Waals surface area contributed by atoms with Gasteiger partial charge in [-0.25, -0.2) is 12.8 Å². The largest absolute Gasteiger partial charge is 0.398 e. The Labute approximate surface area is 123 Å². The summed E-state index contributed by atoms with van der Waals surface area (Å²) in [7, 11) is -3.65. The molecule has 5 nitrogen and oxygen atoms in total. The van der Waals surface area contributed by atoms with Crippen LogP contribution in [-0.2, 0) is 15.6 Å². The zero-order valence-corrected chi connectivity index (χ0v) is 12.8. The number of nitrogens with zero attached hydrogens (tertiary/aromatic N) is 2. The summed E-state index contributed by atoms with van der Waals surface area (Å²) in [6.45, 7) is 4.03. The number of nitrogens with two attached hydrogens (primary N) is 1. The number of benzene rings is 1. The fraction of sp³-hybridized carbons (Fsp3) is 0.357. The second-order valence-electron chi connectivity index (χ2n) is 4.99. The van der Waals surface area contributed by atoms with Crippen molar-refractivity contribution in [1.82, 2.24) is 9.78 Å². The molecule has 0 saturated heterocycles. The Morgan fingerprint density at radius 1 is 1.38 bits per heavy atom. The van der Waals surface area contributed by atoms with E-state index in [1.54, 1.807) is 16.9 Å². The maximum absolute atomic E-state index is 13.0. The molecule has 0 spiro atoms. The molecule has 1 heterocycles. The van der Waals surface area contributed by atoms with Crippen molar-refractivity contribution in [2.45, 2.75) is 37.0 Å².